The fourth-order valence-electron chi connectivity index (χ4n) is 5.22. The number of fused-ring (bicyclic) bond motifs is 1. The summed E-state index contributed by atoms with van der Waals surface area (Å²) < 4.78 is 50.8. The maximum atomic E-state index is 15.3. The first kappa shape index (κ1) is 24.0. The summed E-state index contributed by atoms with van der Waals surface area (Å²) in [5.41, 5.74) is 8.05. The van der Waals surface area contributed by atoms with E-state index in [1.165, 1.54) is 12.1 Å². The first-order valence-corrected chi connectivity index (χ1v) is 12.1. The fourth-order valence-corrected chi connectivity index (χ4v) is 5.22. The van der Waals surface area contributed by atoms with E-state index in [2.05, 4.69) is 33.0 Å². The zero-order valence-electron chi connectivity index (χ0n) is 19.8. The van der Waals surface area contributed by atoms with E-state index in [1.807, 2.05) is 11.7 Å². The highest BCUT2D eigenvalue weighted by molar-refractivity contribution is 5.63. The van der Waals surface area contributed by atoms with Gasteiger partial charge in [-0.2, -0.15) is 5.10 Å². The summed E-state index contributed by atoms with van der Waals surface area (Å²) in [5.74, 6) is 0.494. The van der Waals surface area contributed by atoms with Crippen molar-refractivity contribution in [1.29, 1.82) is 0 Å². The van der Waals surface area contributed by atoms with Crippen LogP contribution in [-0.4, -0.2) is 54.6 Å². The number of nitrogens with zero attached hydrogens (tertiary/aromatic N) is 3. The molecule has 4 heterocycles. The van der Waals surface area contributed by atoms with Gasteiger partial charge in [-0.1, -0.05) is 6.58 Å². The number of ether oxygens (including phenoxy) is 1. The van der Waals surface area contributed by atoms with Crippen molar-refractivity contribution in [2.45, 2.75) is 44.2 Å². The van der Waals surface area contributed by atoms with Crippen LogP contribution in [0.4, 0.5) is 24.7 Å². The fraction of sp³-hybridized carbons (Fsp3) is 0.542. The molecule has 8 nitrogen and oxygen atoms in total. The second-order valence-corrected chi connectivity index (χ2v) is 9.28. The van der Waals surface area contributed by atoms with Crippen molar-refractivity contribution in [2.75, 3.05) is 45.2 Å². The third-order valence-corrected chi connectivity index (χ3v) is 7.22. The van der Waals surface area contributed by atoms with Crippen molar-refractivity contribution in [1.82, 2.24) is 30.8 Å². The van der Waals surface area contributed by atoms with Crippen LogP contribution in [0.2, 0.25) is 0 Å². The van der Waals surface area contributed by atoms with Crippen molar-refractivity contribution < 1.29 is 17.9 Å². The topological polar surface area (TPSA) is 78.4 Å². The Balaban J connectivity index is 1.51. The lowest BCUT2D eigenvalue weighted by atomic mass is 9.94. The smallest absolute Gasteiger partial charge is 0.264 e. The molecule has 4 N–H and O–H groups in total. The molecule has 5 rings (SSSR count). The number of hydrogen-bond donors (Lipinski definition) is 4. The molecule has 0 bridgehead atoms. The molecule has 3 aliphatic rings. The molecule has 0 saturated carbocycles. The van der Waals surface area contributed by atoms with Gasteiger partial charge in [0.15, 0.2) is 5.82 Å². The van der Waals surface area contributed by atoms with Crippen molar-refractivity contribution in [3.05, 3.63) is 52.7 Å². The van der Waals surface area contributed by atoms with Gasteiger partial charge in [0.1, 0.15) is 5.82 Å². The van der Waals surface area contributed by atoms with E-state index in [0.29, 0.717) is 44.2 Å². The number of nitrogens with one attached hydrogen (secondary N) is 4. The highest BCUT2D eigenvalue weighted by Gasteiger charge is 2.31. The average Bonchev–Trinajstić information content (AvgIpc) is 3.53. The van der Waals surface area contributed by atoms with Gasteiger partial charge in [-0.15, -0.1) is 0 Å². The Morgan fingerprint density at radius 1 is 1.23 bits per heavy atom. The van der Waals surface area contributed by atoms with E-state index in [9.17, 15) is 8.78 Å². The standard InChI is InChI=1S/C24H32F3N7O/c1-14(28-2)33-6-3-22-19(13-33)24(32-34(22)16-4-7-35-8-5-16)31-21-10-18(23(26)27)17(9-20(21)25)15-11-29-30-12-15/h9-10,15-16,23,28-30H,1,3-8,11-13H2,2H3,(H,31,32). The van der Waals surface area contributed by atoms with E-state index in [0.717, 1.165) is 42.9 Å². The van der Waals surface area contributed by atoms with E-state index >= 15 is 4.39 Å². The number of alkyl halides is 2. The van der Waals surface area contributed by atoms with Crippen LogP contribution in [0.15, 0.2) is 24.5 Å². The lowest BCUT2D eigenvalue weighted by Gasteiger charge is -2.32. The average molecular weight is 492 g/mol. The van der Waals surface area contributed by atoms with E-state index in [4.69, 9.17) is 9.84 Å². The molecule has 35 heavy (non-hydrogen) atoms. The third kappa shape index (κ3) is 4.72. The Kier molecular flexibility index (Phi) is 6.90. The molecule has 0 radical (unpaired) electrons. The van der Waals surface area contributed by atoms with Gasteiger partial charge in [0.25, 0.3) is 6.43 Å². The Hall–Kier alpha value is -2.76. The van der Waals surface area contributed by atoms with Gasteiger partial charge < -0.3 is 20.3 Å². The largest absolute Gasteiger partial charge is 0.381 e. The van der Waals surface area contributed by atoms with Crippen LogP contribution in [0.5, 0.6) is 0 Å². The number of anilines is 2. The quantitative estimate of drug-likeness (QED) is 0.474. The van der Waals surface area contributed by atoms with Gasteiger partial charge in [0.05, 0.1) is 17.6 Å². The van der Waals surface area contributed by atoms with E-state index in [-0.39, 0.29) is 23.2 Å². The predicted octanol–water partition coefficient (Wildman–Crippen LogP) is 3.30. The summed E-state index contributed by atoms with van der Waals surface area (Å²) in [7, 11) is 1.82. The molecule has 0 amide bonds. The molecule has 0 spiro atoms. The minimum atomic E-state index is -2.71. The van der Waals surface area contributed by atoms with Gasteiger partial charge in [0.2, 0.25) is 0 Å². The Morgan fingerprint density at radius 3 is 2.66 bits per heavy atom. The monoisotopic (exact) mass is 491 g/mol. The van der Waals surface area contributed by atoms with Crippen molar-refractivity contribution in [3.8, 4) is 0 Å². The minimum Gasteiger partial charge on any atom is -0.381 e. The molecule has 190 valence electrons. The molecule has 2 fully saturated rings. The van der Waals surface area contributed by atoms with Gasteiger partial charge in [0, 0.05) is 75.6 Å². The number of hydrogen-bond acceptors (Lipinski definition) is 7. The maximum Gasteiger partial charge on any atom is 0.264 e. The summed E-state index contributed by atoms with van der Waals surface area (Å²) >= 11 is 0. The highest BCUT2D eigenvalue weighted by atomic mass is 19.3. The van der Waals surface area contributed by atoms with Crippen LogP contribution in [-0.2, 0) is 17.7 Å². The van der Waals surface area contributed by atoms with E-state index in [1.54, 1.807) is 0 Å². The molecule has 0 atom stereocenters. The van der Waals surface area contributed by atoms with Crippen LogP contribution < -0.4 is 21.5 Å². The molecule has 0 unspecified atom stereocenters. The van der Waals surface area contributed by atoms with Gasteiger partial charge in [-0.25, -0.2) is 13.2 Å². The molecule has 0 aliphatic carbocycles. The zero-order valence-corrected chi connectivity index (χ0v) is 19.8. The predicted molar refractivity (Wildman–Crippen MR) is 127 cm³/mol. The summed E-state index contributed by atoms with van der Waals surface area (Å²) in [6.07, 6.45) is -0.256. The lowest BCUT2D eigenvalue weighted by molar-refractivity contribution is 0.0651. The molecule has 2 aromatic rings. The van der Waals surface area contributed by atoms with E-state index < -0.39 is 12.2 Å². The van der Waals surface area contributed by atoms with Crippen molar-refractivity contribution in [2.24, 2.45) is 0 Å². The Bertz CT molecular complexity index is 1080. The summed E-state index contributed by atoms with van der Waals surface area (Å²) in [4.78, 5) is 2.10. The maximum absolute atomic E-state index is 15.3. The number of benzene rings is 1. The lowest BCUT2D eigenvalue weighted by Crippen LogP contribution is -2.35. The normalized spacial score (nSPS) is 19.3. The third-order valence-electron chi connectivity index (χ3n) is 7.22. The van der Waals surface area contributed by atoms with Crippen molar-refractivity contribution >= 4 is 11.5 Å². The Morgan fingerprint density at radius 2 is 1.97 bits per heavy atom. The first-order chi connectivity index (χ1) is 17.0. The Labute approximate surface area is 202 Å². The summed E-state index contributed by atoms with van der Waals surface area (Å²) in [5, 5.41) is 11.0. The molecular formula is C24H32F3N7O. The number of hydrazine groups is 1. The number of rotatable bonds is 7. The molecule has 1 aromatic carbocycles. The molecule has 3 aliphatic heterocycles. The first-order valence-electron chi connectivity index (χ1n) is 12.1. The van der Waals surface area contributed by atoms with Crippen LogP contribution in [0.1, 0.15) is 53.6 Å². The van der Waals surface area contributed by atoms with Crippen LogP contribution in [0.3, 0.4) is 0 Å². The SMILES string of the molecule is C=C(NC)N1CCc2c(c(Nc3cc(C(F)F)c(C4CNNC4)cc3F)nn2C2CCOCC2)C1. The van der Waals surface area contributed by atoms with Gasteiger partial charge in [-0.3, -0.25) is 15.5 Å². The van der Waals surface area contributed by atoms with Gasteiger partial charge >= 0.3 is 0 Å². The van der Waals surface area contributed by atoms with Crippen LogP contribution >= 0.6 is 0 Å². The van der Waals surface area contributed by atoms with Crippen molar-refractivity contribution in [3.63, 3.8) is 0 Å². The molecule has 1 aromatic heterocycles. The highest BCUT2D eigenvalue weighted by Crippen LogP contribution is 2.37. The second kappa shape index (κ2) is 10.1. The minimum absolute atomic E-state index is 0.00644. The van der Waals surface area contributed by atoms with Crippen LogP contribution in [0.25, 0.3) is 0 Å². The number of aromatic nitrogens is 2. The molecular weight excluding hydrogens is 459 g/mol. The molecule has 11 heteroatoms. The summed E-state index contributed by atoms with van der Waals surface area (Å²) in [6.45, 7) is 7.68. The molecule has 2 saturated heterocycles. The number of halogens is 3. The summed E-state index contributed by atoms with van der Waals surface area (Å²) in [6, 6.07) is 2.67. The second-order valence-electron chi connectivity index (χ2n) is 9.28. The van der Waals surface area contributed by atoms with Crippen LogP contribution in [0, 0.1) is 5.82 Å². The van der Waals surface area contributed by atoms with Gasteiger partial charge in [-0.05, 0) is 30.5 Å². The zero-order chi connectivity index (χ0) is 24.5.